The van der Waals surface area contributed by atoms with E-state index in [2.05, 4.69) is 10.1 Å². The van der Waals surface area contributed by atoms with E-state index < -0.39 is 0 Å². The van der Waals surface area contributed by atoms with Gasteiger partial charge in [-0.05, 0) is 25.2 Å². The molecule has 3 rings (SSSR count). The summed E-state index contributed by atoms with van der Waals surface area (Å²) < 4.78 is 10.1. The van der Waals surface area contributed by atoms with Gasteiger partial charge in [0.15, 0.2) is 5.82 Å². The van der Waals surface area contributed by atoms with Gasteiger partial charge < -0.3 is 14.2 Å². The van der Waals surface area contributed by atoms with Crippen LogP contribution in [0.5, 0.6) is 0 Å². The summed E-state index contributed by atoms with van der Waals surface area (Å²) in [5, 5.41) is 4.01. The average Bonchev–Trinajstić information content (AvgIpc) is 3.20. The van der Waals surface area contributed by atoms with Crippen molar-refractivity contribution in [2.45, 2.75) is 51.0 Å². The van der Waals surface area contributed by atoms with Gasteiger partial charge in [-0.25, -0.2) is 0 Å². The second-order valence-corrected chi connectivity index (χ2v) is 6.16. The summed E-state index contributed by atoms with van der Waals surface area (Å²) in [4.78, 5) is 18.6. The molecule has 1 aliphatic carbocycles. The van der Waals surface area contributed by atoms with E-state index in [1.165, 1.54) is 25.7 Å². The lowest BCUT2D eigenvalue weighted by molar-refractivity contribution is -0.131. The Balaban J connectivity index is 1.52. The third-order valence-corrected chi connectivity index (χ3v) is 4.60. The third kappa shape index (κ3) is 3.43. The highest BCUT2D eigenvalue weighted by atomic mass is 16.5. The average molecular weight is 293 g/mol. The molecule has 0 N–H and O–H groups in total. The Kier molecular flexibility index (Phi) is 4.53. The number of hydrogen-bond donors (Lipinski definition) is 0. The molecule has 1 aromatic rings. The Hall–Kier alpha value is -1.43. The second kappa shape index (κ2) is 6.56. The molecule has 116 valence electrons. The molecule has 0 spiro atoms. The van der Waals surface area contributed by atoms with Gasteiger partial charge in [0.05, 0.1) is 0 Å². The number of rotatable bonds is 5. The number of likely N-dealkylation sites (tertiary alicyclic amines) is 1. The molecule has 2 fully saturated rings. The fourth-order valence-corrected chi connectivity index (χ4v) is 3.40. The summed E-state index contributed by atoms with van der Waals surface area (Å²) in [6, 6.07) is 0. The van der Waals surface area contributed by atoms with Gasteiger partial charge in [0.1, 0.15) is 6.61 Å². The Morgan fingerprint density at radius 1 is 1.38 bits per heavy atom. The molecule has 1 aromatic heterocycles. The number of ether oxygens (including phenoxy) is 1. The van der Waals surface area contributed by atoms with Crippen LogP contribution in [0.2, 0.25) is 0 Å². The fourth-order valence-electron chi connectivity index (χ4n) is 3.40. The standard InChI is InChI=1S/C15H23N3O3/c1-20-10-13-16-15(17-21-13)12-6-7-18(9-12)14(19)8-11-4-2-3-5-11/h11-12H,2-10H2,1H3. The highest BCUT2D eigenvalue weighted by Gasteiger charge is 2.31. The molecule has 2 aliphatic rings. The summed E-state index contributed by atoms with van der Waals surface area (Å²) in [6.07, 6.45) is 6.64. The first-order chi connectivity index (χ1) is 10.3. The van der Waals surface area contributed by atoms with Gasteiger partial charge in [0.25, 0.3) is 5.89 Å². The van der Waals surface area contributed by atoms with E-state index in [0.29, 0.717) is 36.6 Å². The lowest BCUT2D eigenvalue weighted by atomic mass is 10.0. The zero-order chi connectivity index (χ0) is 14.7. The van der Waals surface area contributed by atoms with Crippen LogP contribution in [-0.4, -0.2) is 41.1 Å². The van der Waals surface area contributed by atoms with Gasteiger partial charge in [-0.1, -0.05) is 18.0 Å². The van der Waals surface area contributed by atoms with Crippen molar-refractivity contribution in [1.82, 2.24) is 15.0 Å². The van der Waals surface area contributed by atoms with Crippen molar-refractivity contribution in [3.05, 3.63) is 11.7 Å². The number of carbonyl (C=O) groups excluding carboxylic acids is 1. The maximum Gasteiger partial charge on any atom is 0.252 e. The van der Waals surface area contributed by atoms with Crippen LogP contribution in [0.1, 0.15) is 56.2 Å². The van der Waals surface area contributed by atoms with Crippen molar-refractivity contribution in [3.63, 3.8) is 0 Å². The number of carbonyl (C=O) groups is 1. The molecule has 0 bridgehead atoms. The van der Waals surface area contributed by atoms with Crippen LogP contribution in [0.25, 0.3) is 0 Å². The molecule has 1 saturated carbocycles. The molecule has 1 saturated heterocycles. The molecule has 2 heterocycles. The van der Waals surface area contributed by atoms with E-state index >= 15 is 0 Å². The van der Waals surface area contributed by atoms with E-state index in [1.54, 1.807) is 7.11 Å². The molecular weight excluding hydrogens is 270 g/mol. The molecular formula is C15H23N3O3. The number of aromatic nitrogens is 2. The van der Waals surface area contributed by atoms with Crippen molar-refractivity contribution in [2.75, 3.05) is 20.2 Å². The van der Waals surface area contributed by atoms with E-state index in [1.807, 2.05) is 4.90 Å². The van der Waals surface area contributed by atoms with E-state index in [-0.39, 0.29) is 5.92 Å². The zero-order valence-corrected chi connectivity index (χ0v) is 12.6. The Bertz CT molecular complexity index is 482. The maximum absolute atomic E-state index is 12.3. The minimum atomic E-state index is 0.201. The summed E-state index contributed by atoms with van der Waals surface area (Å²) >= 11 is 0. The molecule has 0 aromatic carbocycles. The molecule has 1 aliphatic heterocycles. The monoisotopic (exact) mass is 293 g/mol. The maximum atomic E-state index is 12.3. The van der Waals surface area contributed by atoms with Crippen molar-refractivity contribution >= 4 is 5.91 Å². The Labute approximate surface area is 124 Å². The predicted molar refractivity (Wildman–Crippen MR) is 75.5 cm³/mol. The van der Waals surface area contributed by atoms with Crippen LogP contribution >= 0.6 is 0 Å². The van der Waals surface area contributed by atoms with Gasteiger partial charge in [-0.3, -0.25) is 4.79 Å². The number of methoxy groups -OCH3 is 1. The smallest absolute Gasteiger partial charge is 0.252 e. The molecule has 6 heteroatoms. The van der Waals surface area contributed by atoms with Gasteiger partial charge in [0.2, 0.25) is 5.91 Å². The Morgan fingerprint density at radius 3 is 2.95 bits per heavy atom. The number of hydrogen-bond acceptors (Lipinski definition) is 5. The van der Waals surface area contributed by atoms with Crippen LogP contribution in [0.3, 0.4) is 0 Å². The predicted octanol–water partition coefficient (Wildman–Crippen LogP) is 2.11. The van der Waals surface area contributed by atoms with Crippen molar-refractivity contribution in [1.29, 1.82) is 0 Å². The van der Waals surface area contributed by atoms with Crippen LogP contribution < -0.4 is 0 Å². The van der Waals surface area contributed by atoms with Gasteiger partial charge in [-0.2, -0.15) is 4.98 Å². The van der Waals surface area contributed by atoms with Crippen molar-refractivity contribution < 1.29 is 14.1 Å². The fraction of sp³-hybridized carbons (Fsp3) is 0.800. The summed E-state index contributed by atoms with van der Waals surface area (Å²) in [5.41, 5.74) is 0. The first-order valence-electron chi connectivity index (χ1n) is 7.85. The van der Waals surface area contributed by atoms with Gasteiger partial charge in [0, 0.05) is 32.5 Å². The topological polar surface area (TPSA) is 68.5 Å². The van der Waals surface area contributed by atoms with Crippen LogP contribution in [0.4, 0.5) is 0 Å². The quantitative estimate of drug-likeness (QED) is 0.831. The lowest BCUT2D eigenvalue weighted by Crippen LogP contribution is -2.29. The SMILES string of the molecule is COCc1nc(C2CCN(C(=O)CC3CCCC3)C2)no1. The molecule has 1 unspecified atom stereocenters. The normalized spacial score (nSPS) is 23.1. The second-order valence-electron chi connectivity index (χ2n) is 6.16. The Morgan fingerprint density at radius 2 is 2.19 bits per heavy atom. The summed E-state index contributed by atoms with van der Waals surface area (Å²) in [5.74, 6) is 2.31. The molecule has 1 atom stereocenters. The van der Waals surface area contributed by atoms with Crippen LogP contribution in [0, 0.1) is 5.92 Å². The molecule has 0 radical (unpaired) electrons. The third-order valence-electron chi connectivity index (χ3n) is 4.60. The van der Waals surface area contributed by atoms with Gasteiger partial charge >= 0.3 is 0 Å². The summed E-state index contributed by atoms with van der Waals surface area (Å²) in [7, 11) is 1.60. The first-order valence-corrected chi connectivity index (χ1v) is 7.85. The van der Waals surface area contributed by atoms with Crippen LogP contribution in [-0.2, 0) is 16.1 Å². The first kappa shape index (κ1) is 14.5. The molecule has 6 nitrogen and oxygen atoms in total. The molecule has 1 amide bonds. The summed E-state index contributed by atoms with van der Waals surface area (Å²) in [6.45, 7) is 1.87. The minimum absolute atomic E-state index is 0.201. The highest BCUT2D eigenvalue weighted by Crippen LogP contribution is 2.30. The molecule has 21 heavy (non-hydrogen) atoms. The highest BCUT2D eigenvalue weighted by molar-refractivity contribution is 5.76. The lowest BCUT2D eigenvalue weighted by Gasteiger charge is -2.18. The number of nitrogens with zero attached hydrogens (tertiary/aromatic N) is 3. The van der Waals surface area contributed by atoms with Crippen molar-refractivity contribution in [3.8, 4) is 0 Å². The minimum Gasteiger partial charge on any atom is -0.375 e. The van der Waals surface area contributed by atoms with Crippen LogP contribution in [0.15, 0.2) is 4.52 Å². The largest absolute Gasteiger partial charge is 0.375 e. The van der Waals surface area contributed by atoms with Crippen molar-refractivity contribution in [2.24, 2.45) is 5.92 Å². The van der Waals surface area contributed by atoms with Gasteiger partial charge in [-0.15, -0.1) is 0 Å². The zero-order valence-electron chi connectivity index (χ0n) is 12.6. The van der Waals surface area contributed by atoms with E-state index in [4.69, 9.17) is 9.26 Å². The number of amides is 1. The van der Waals surface area contributed by atoms with E-state index in [9.17, 15) is 4.79 Å². The van der Waals surface area contributed by atoms with E-state index in [0.717, 1.165) is 19.5 Å².